The van der Waals surface area contributed by atoms with Gasteiger partial charge < -0.3 is 41.9 Å². The van der Waals surface area contributed by atoms with Crippen LogP contribution in [0.15, 0.2) is 88.4 Å². The molecular weight excluding hydrogens is 961 g/mol. The topological polar surface area (TPSA) is 307 Å². The molecule has 3 aliphatic heterocycles. The van der Waals surface area contributed by atoms with Crippen molar-refractivity contribution in [3.05, 3.63) is 138 Å². The van der Waals surface area contributed by atoms with Crippen molar-refractivity contribution in [2.24, 2.45) is 0 Å². The summed E-state index contributed by atoms with van der Waals surface area (Å²) in [7, 11) is -1.04. The summed E-state index contributed by atoms with van der Waals surface area (Å²) < 4.78 is 4.47. The van der Waals surface area contributed by atoms with Crippen molar-refractivity contribution in [2.75, 3.05) is 16.0 Å². The number of carbonyl (C=O) groups is 3. The highest BCUT2D eigenvalue weighted by molar-refractivity contribution is 6.44. The number of halogens is 1. The van der Waals surface area contributed by atoms with Crippen molar-refractivity contribution >= 4 is 71.0 Å². The van der Waals surface area contributed by atoms with Gasteiger partial charge in [-0.15, -0.1) is 0 Å². The Kier molecular flexibility index (Phi) is 13.3. The Morgan fingerprint density at radius 2 is 0.863 bits per heavy atom. The van der Waals surface area contributed by atoms with Crippen molar-refractivity contribution in [3.8, 4) is 0 Å². The number of rotatable bonds is 9. The number of nitrogens with one attached hydrogen (secondary N) is 6. The Bertz CT molecular complexity index is 3180. The number of pyridine rings is 3. The molecule has 0 aromatic carbocycles. The Labute approximate surface area is 422 Å². The predicted octanol–water partition coefficient (Wildman–Crippen LogP) is 4.49. The van der Waals surface area contributed by atoms with Crippen LogP contribution in [0, 0.1) is 0 Å². The number of fused-ring (bicyclic) bond motifs is 3. The second-order valence-electron chi connectivity index (χ2n) is 19.9. The number of amides is 3. The van der Waals surface area contributed by atoms with Crippen molar-refractivity contribution in [1.29, 1.82) is 0 Å². The van der Waals surface area contributed by atoms with E-state index in [0.717, 1.165) is 49.7 Å². The van der Waals surface area contributed by atoms with E-state index in [1.54, 1.807) is 71.9 Å². The van der Waals surface area contributed by atoms with Gasteiger partial charge in [-0.2, -0.15) is 0 Å². The van der Waals surface area contributed by atoms with Gasteiger partial charge in [0.15, 0.2) is 0 Å². The number of hydrogen-bond acceptors (Lipinski definition) is 17. The Balaban J connectivity index is 0.000000127. The molecule has 6 aromatic rings. The maximum Gasteiger partial charge on any atom is 0.454 e. The van der Waals surface area contributed by atoms with Crippen molar-refractivity contribution in [2.45, 2.75) is 115 Å². The van der Waals surface area contributed by atoms with E-state index in [-0.39, 0.29) is 56.6 Å². The highest BCUT2D eigenvalue weighted by Gasteiger charge is 2.44. The molecule has 9 heterocycles. The zero-order valence-corrected chi connectivity index (χ0v) is 41.5. The van der Waals surface area contributed by atoms with E-state index < -0.39 is 24.1 Å². The number of nitrogens with zero attached hydrogens (tertiary/aromatic N) is 9. The van der Waals surface area contributed by atoms with Crippen LogP contribution < -0.4 is 48.6 Å². The SMILES string of the molecule is CC1(C)NC(=O)c2c(C3CC3)cc(Nc3ccncn3)c(=O)n21.CC1(C)NC(=O)c2c(C3CC3)cc(Nc3ccncn3)c(=O)n21.CC1(C)NC(=O)c2c(Cl)cc(Nc3ccncn3)c(=O)n21.OB(O)C1CC1. The molecule has 12 rings (SSSR count). The normalized spacial score (nSPS) is 17.8. The van der Waals surface area contributed by atoms with Crippen LogP contribution in [0.5, 0.6) is 0 Å². The third kappa shape index (κ3) is 10.4. The fourth-order valence-electron chi connectivity index (χ4n) is 8.90. The van der Waals surface area contributed by atoms with Gasteiger partial charge in [0.25, 0.3) is 34.4 Å². The molecule has 0 bridgehead atoms. The maximum absolute atomic E-state index is 12.9. The first-order valence-electron chi connectivity index (χ1n) is 23.6. The van der Waals surface area contributed by atoms with Crippen LogP contribution in [0.4, 0.5) is 34.5 Å². The van der Waals surface area contributed by atoms with Crippen LogP contribution in [0.1, 0.15) is 134 Å². The van der Waals surface area contributed by atoms with E-state index in [0.29, 0.717) is 52.1 Å². The first-order valence-corrected chi connectivity index (χ1v) is 24.0. The Morgan fingerprint density at radius 1 is 0.534 bits per heavy atom. The zero-order valence-electron chi connectivity index (χ0n) is 40.7. The molecule has 0 radical (unpaired) electrons. The van der Waals surface area contributed by atoms with Crippen molar-refractivity contribution in [3.63, 3.8) is 0 Å². The van der Waals surface area contributed by atoms with Gasteiger partial charge in [0.1, 0.15) is 87.6 Å². The van der Waals surface area contributed by atoms with Gasteiger partial charge in [0.05, 0.1) is 5.02 Å². The second-order valence-corrected chi connectivity index (χ2v) is 20.3. The molecular formula is C48H53BClN15O8. The lowest BCUT2D eigenvalue weighted by Gasteiger charge is -2.22. The van der Waals surface area contributed by atoms with E-state index >= 15 is 0 Å². The van der Waals surface area contributed by atoms with Gasteiger partial charge in [0, 0.05) is 18.6 Å². The molecule has 6 aliphatic rings. The highest BCUT2D eigenvalue weighted by atomic mass is 35.5. The minimum absolute atomic E-state index is 0.167. The van der Waals surface area contributed by atoms with Crippen molar-refractivity contribution in [1.82, 2.24) is 59.6 Å². The third-order valence-electron chi connectivity index (χ3n) is 12.8. The summed E-state index contributed by atoms with van der Waals surface area (Å²) in [6, 6.07) is 10.0. The number of aromatic nitrogens is 9. The zero-order chi connectivity index (χ0) is 52.1. The van der Waals surface area contributed by atoms with E-state index in [1.807, 2.05) is 27.7 Å². The molecule has 378 valence electrons. The molecule has 3 fully saturated rings. The van der Waals surface area contributed by atoms with Gasteiger partial charge in [-0.05, 0) is 132 Å². The summed E-state index contributed by atoms with van der Waals surface area (Å²) in [5.74, 6) is 1.76. The molecule has 73 heavy (non-hydrogen) atoms. The second kappa shape index (κ2) is 19.3. The van der Waals surface area contributed by atoms with E-state index in [4.69, 9.17) is 21.6 Å². The lowest BCUT2D eigenvalue weighted by Crippen LogP contribution is -2.42. The summed E-state index contributed by atoms with van der Waals surface area (Å²) in [6.07, 6.45) is 15.2. The monoisotopic (exact) mass is 1010 g/mol. The van der Waals surface area contributed by atoms with Crippen molar-refractivity contribution < 1.29 is 24.4 Å². The average Bonchev–Trinajstić information content (AvgIpc) is 4.20. The molecule has 6 aromatic heterocycles. The molecule has 8 N–H and O–H groups in total. The summed E-state index contributed by atoms with van der Waals surface area (Å²) >= 11 is 6.14. The van der Waals surface area contributed by atoms with E-state index in [9.17, 15) is 28.8 Å². The average molecular weight is 1010 g/mol. The first kappa shape index (κ1) is 50.1. The lowest BCUT2D eigenvalue weighted by molar-refractivity contribution is 0.0925. The summed E-state index contributed by atoms with van der Waals surface area (Å²) in [5.41, 5.74) is 1.00. The molecule has 0 saturated heterocycles. The van der Waals surface area contributed by atoms with Crippen LogP contribution in [0.3, 0.4) is 0 Å². The predicted molar refractivity (Wildman–Crippen MR) is 271 cm³/mol. The smallest absolute Gasteiger partial charge is 0.427 e. The minimum atomic E-state index is -1.04. The molecule has 3 saturated carbocycles. The van der Waals surface area contributed by atoms with Crippen LogP contribution in [-0.4, -0.2) is 78.5 Å². The van der Waals surface area contributed by atoms with Gasteiger partial charge >= 0.3 is 7.12 Å². The van der Waals surface area contributed by atoms with E-state index in [1.165, 1.54) is 29.6 Å². The van der Waals surface area contributed by atoms with E-state index in [2.05, 4.69) is 61.8 Å². The standard InChI is InChI=1S/2C16H17N5O2.C13H12ClN5O2.C3H7BO2/c2*1-16(2)20-14(22)13-10(9-3-4-9)7-11(15(23)21(13)16)19-12-5-6-17-8-18-12;1-13(2)18-11(20)10-7(14)5-8(12(21)19(10)13)17-9-3-4-15-6-16-9;5-4(6)3-1-2-3/h2*5-9H,3-4H2,1-2H3,(H,20,22)(H,17,18,19);3-6H,1-2H3,(H,18,20)(H,15,16,17);3,5-6H,1-2H2. The lowest BCUT2D eigenvalue weighted by atomic mass is 9.84. The third-order valence-corrected chi connectivity index (χ3v) is 13.1. The van der Waals surface area contributed by atoms with Gasteiger partial charge in [0.2, 0.25) is 0 Å². The fourth-order valence-corrected chi connectivity index (χ4v) is 9.17. The molecule has 0 atom stereocenters. The molecule has 0 spiro atoms. The summed E-state index contributed by atoms with van der Waals surface area (Å²) in [4.78, 5) is 98.7. The quantitative estimate of drug-likeness (QED) is 0.0926. The van der Waals surface area contributed by atoms with Gasteiger partial charge in [-0.25, -0.2) is 29.9 Å². The Morgan fingerprint density at radius 3 is 1.15 bits per heavy atom. The largest absolute Gasteiger partial charge is 0.454 e. The minimum Gasteiger partial charge on any atom is -0.427 e. The number of carbonyl (C=O) groups excluding carboxylic acids is 3. The van der Waals surface area contributed by atoms with Gasteiger partial charge in [-0.1, -0.05) is 24.4 Å². The Hall–Kier alpha value is -7.83. The summed E-state index contributed by atoms with van der Waals surface area (Å²) in [5, 5.41) is 34.2. The summed E-state index contributed by atoms with van der Waals surface area (Å²) in [6.45, 7) is 10.8. The molecule has 25 heteroatoms. The number of hydrogen-bond donors (Lipinski definition) is 8. The fraction of sp³-hybridized carbons (Fsp3) is 0.375. The molecule has 3 aliphatic carbocycles. The van der Waals surface area contributed by atoms with Crippen LogP contribution in [-0.2, 0) is 17.0 Å². The maximum atomic E-state index is 12.9. The van der Waals surface area contributed by atoms with Crippen LogP contribution in [0.2, 0.25) is 10.8 Å². The molecule has 0 unspecified atom stereocenters. The first-order chi connectivity index (χ1) is 34.6. The number of anilines is 6. The van der Waals surface area contributed by atoms with Gasteiger partial charge in [-0.3, -0.25) is 42.5 Å². The van der Waals surface area contributed by atoms with Crippen LogP contribution >= 0.6 is 11.6 Å². The molecule has 23 nitrogen and oxygen atoms in total. The molecule has 3 amide bonds. The van der Waals surface area contributed by atoms with Crippen LogP contribution in [0.25, 0.3) is 0 Å². The highest BCUT2D eigenvalue weighted by Crippen LogP contribution is 2.45.